The summed E-state index contributed by atoms with van der Waals surface area (Å²) in [6, 6.07) is 1.43. The van der Waals surface area contributed by atoms with Crippen molar-refractivity contribution in [1.29, 1.82) is 0 Å². The van der Waals surface area contributed by atoms with Gasteiger partial charge in [0.15, 0.2) is 0 Å². The average Bonchev–Trinajstić information content (AvgIpc) is 2.83. The Morgan fingerprint density at radius 1 is 1.33 bits per heavy atom. The molecule has 2 rings (SSSR count). The van der Waals surface area contributed by atoms with Gasteiger partial charge in [0.25, 0.3) is 0 Å². The van der Waals surface area contributed by atoms with Crippen LogP contribution in [0.2, 0.25) is 0 Å². The topological polar surface area (TPSA) is 126 Å². The van der Waals surface area contributed by atoms with Gasteiger partial charge < -0.3 is 14.8 Å². The van der Waals surface area contributed by atoms with Crippen molar-refractivity contribution in [2.75, 3.05) is 13.1 Å². The molecule has 116 valence electrons. The lowest BCUT2D eigenvalue weighted by molar-refractivity contribution is -0.255. The minimum absolute atomic E-state index is 0.0318. The number of amides is 1. The standard InChI is InChI=1S/C12H17N3O5S/c1-8(16)14-5-2-9(3-6-14)10-4-7-15(21(13,19)20)11(10)12(17)18/h4,7,9H,2-3,5-6H2,1H3,(H,17,18)(H2,13,19,20)/p-1. The van der Waals surface area contributed by atoms with E-state index in [4.69, 9.17) is 5.14 Å². The van der Waals surface area contributed by atoms with E-state index < -0.39 is 21.9 Å². The van der Waals surface area contributed by atoms with Gasteiger partial charge in [0.2, 0.25) is 5.91 Å². The van der Waals surface area contributed by atoms with Gasteiger partial charge in [-0.2, -0.15) is 8.42 Å². The Morgan fingerprint density at radius 2 is 1.90 bits per heavy atom. The second-order valence-corrected chi connectivity index (χ2v) is 6.45. The number of likely N-dealkylation sites (tertiary alicyclic amines) is 1. The second kappa shape index (κ2) is 5.49. The van der Waals surface area contributed by atoms with Gasteiger partial charge in [-0.25, -0.2) is 9.11 Å². The summed E-state index contributed by atoms with van der Waals surface area (Å²) in [7, 11) is -4.19. The number of carboxylic acids is 1. The van der Waals surface area contributed by atoms with Crippen molar-refractivity contribution in [1.82, 2.24) is 8.87 Å². The van der Waals surface area contributed by atoms with Crippen LogP contribution < -0.4 is 10.2 Å². The average molecular weight is 314 g/mol. The number of piperidine rings is 1. The highest BCUT2D eigenvalue weighted by Gasteiger charge is 2.27. The molecule has 1 aromatic heterocycles. The van der Waals surface area contributed by atoms with Crippen molar-refractivity contribution in [3.63, 3.8) is 0 Å². The van der Waals surface area contributed by atoms with Gasteiger partial charge in [0, 0.05) is 26.2 Å². The zero-order valence-corrected chi connectivity index (χ0v) is 12.3. The summed E-state index contributed by atoms with van der Waals surface area (Å²) in [5, 5.41) is 16.2. The first-order valence-corrected chi connectivity index (χ1v) is 7.93. The Labute approximate surface area is 122 Å². The van der Waals surface area contributed by atoms with Gasteiger partial charge in [0.1, 0.15) is 0 Å². The van der Waals surface area contributed by atoms with E-state index >= 15 is 0 Å². The van der Waals surface area contributed by atoms with Crippen LogP contribution in [0, 0.1) is 0 Å². The number of aromatic nitrogens is 1. The van der Waals surface area contributed by atoms with Crippen LogP contribution >= 0.6 is 0 Å². The molecular weight excluding hydrogens is 298 g/mol. The zero-order chi connectivity index (χ0) is 15.8. The summed E-state index contributed by atoms with van der Waals surface area (Å²) >= 11 is 0. The van der Waals surface area contributed by atoms with E-state index in [-0.39, 0.29) is 11.8 Å². The van der Waals surface area contributed by atoms with Crippen molar-refractivity contribution in [3.8, 4) is 0 Å². The van der Waals surface area contributed by atoms with Crippen LogP contribution in [0.3, 0.4) is 0 Å². The third-order valence-corrected chi connectivity index (χ3v) is 4.58. The van der Waals surface area contributed by atoms with E-state index in [1.54, 1.807) is 4.90 Å². The SMILES string of the molecule is CC(=O)N1CCC(c2ccn(S(N)(=O)=O)c2C(=O)[O-])CC1. The lowest BCUT2D eigenvalue weighted by Gasteiger charge is -2.31. The molecule has 9 heteroatoms. The molecule has 8 nitrogen and oxygen atoms in total. The number of carbonyl (C=O) groups is 2. The smallest absolute Gasteiger partial charge is 0.302 e. The van der Waals surface area contributed by atoms with Crippen LogP contribution in [-0.2, 0) is 15.0 Å². The monoisotopic (exact) mass is 314 g/mol. The van der Waals surface area contributed by atoms with Crippen molar-refractivity contribution < 1.29 is 23.1 Å². The largest absolute Gasteiger partial charge is 0.543 e. The maximum atomic E-state index is 11.4. The second-order valence-electron chi connectivity index (χ2n) is 5.03. The van der Waals surface area contributed by atoms with Crippen molar-refractivity contribution in [3.05, 3.63) is 23.5 Å². The van der Waals surface area contributed by atoms with Crippen LogP contribution in [0.15, 0.2) is 12.3 Å². The first kappa shape index (κ1) is 15.5. The molecule has 2 heterocycles. The number of hydrogen-bond acceptors (Lipinski definition) is 5. The van der Waals surface area contributed by atoms with Crippen LogP contribution in [0.4, 0.5) is 0 Å². The lowest BCUT2D eigenvalue weighted by atomic mass is 9.89. The number of rotatable bonds is 3. The van der Waals surface area contributed by atoms with E-state index in [0.29, 0.717) is 35.5 Å². The molecule has 1 amide bonds. The highest BCUT2D eigenvalue weighted by atomic mass is 32.2. The molecule has 0 spiro atoms. The zero-order valence-electron chi connectivity index (χ0n) is 11.5. The number of carbonyl (C=O) groups excluding carboxylic acids is 2. The number of nitrogens with two attached hydrogens (primary N) is 1. The van der Waals surface area contributed by atoms with Gasteiger partial charge in [0.05, 0.1) is 11.7 Å². The Morgan fingerprint density at radius 3 is 2.33 bits per heavy atom. The Balaban J connectivity index is 2.32. The summed E-state index contributed by atoms with van der Waals surface area (Å²) in [6.07, 6.45) is 2.25. The molecule has 0 unspecified atom stereocenters. The summed E-state index contributed by atoms with van der Waals surface area (Å²) in [6.45, 7) is 2.49. The van der Waals surface area contributed by atoms with E-state index in [1.807, 2.05) is 0 Å². The minimum Gasteiger partial charge on any atom is -0.543 e. The predicted octanol–water partition coefficient (Wildman–Crippen LogP) is -1.37. The number of nitrogens with zero attached hydrogens (tertiary/aromatic N) is 2. The third-order valence-electron chi connectivity index (χ3n) is 3.73. The molecule has 21 heavy (non-hydrogen) atoms. The lowest BCUT2D eigenvalue weighted by Crippen LogP contribution is -2.37. The number of aromatic carboxylic acids is 1. The molecule has 0 saturated carbocycles. The minimum atomic E-state index is -4.19. The number of hydrogen-bond donors (Lipinski definition) is 1. The molecule has 1 saturated heterocycles. The van der Waals surface area contributed by atoms with Crippen molar-refractivity contribution >= 4 is 22.1 Å². The molecular formula is C12H16N3O5S-. The quantitative estimate of drug-likeness (QED) is 0.736. The van der Waals surface area contributed by atoms with E-state index in [1.165, 1.54) is 13.0 Å². The van der Waals surface area contributed by atoms with Crippen molar-refractivity contribution in [2.24, 2.45) is 5.14 Å². The van der Waals surface area contributed by atoms with E-state index in [9.17, 15) is 23.1 Å². The van der Waals surface area contributed by atoms with E-state index in [2.05, 4.69) is 0 Å². The first-order valence-electron chi connectivity index (χ1n) is 6.43. The normalized spacial score (nSPS) is 17.0. The van der Waals surface area contributed by atoms with Crippen LogP contribution in [0.1, 0.15) is 41.7 Å². The first-order chi connectivity index (χ1) is 9.71. The fourth-order valence-corrected chi connectivity index (χ4v) is 3.35. The van der Waals surface area contributed by atoms with Crippen molar-refractivity contribution in [2.45, 2.75) is 25.7 Å². The van der Waals surface area contributed by atoms with E-state index in [0.717, 1.165) is 6.20 Å². The molecule has 1 fully saturated rings. The van der Waals surface area contributed by atoms with Gasteiger partial charge in [-0.1, -0.05) is 0 Å². The molecule has 1 aromatic rings. The molecule has 2 N–H and O–H groups in total. The fourth-order valence-electron chi connectivity index (χ4n) is 2.68. The number of carboxylic acid groups (broad SMARTS) is 1. The van der Waals surface area contributed by atoms with Crippen LogP contribution in [0.25, 0.3) is 0 Å². The molecule has 0 radical (unpaired) electrons. The fraction of sp³-hybridized carbons (Fsp3) is 0.500. The van der Waals surface area contributed by atoms with Crippen LogP contribution in [0.5, 0.6) is 0 Å². The molecule has 1 aliphatic heterocycles. The summed E-state index contributed by atoms with van der Waals surface area (Å²) in [5.41, 5.74) is -0.0500. The Hall–Kier alpha value is -1.87. The Kier molecular flexibility index (Phi) is 4.06. The molecule has 0 aromatic carbocycles. The predicted molar refractivity (Wildman–Crippen MR) is 71.5 cm³/mol. The maximum Gasteiger partial charge on any atom is 0.302 e. The third kappa shape index (κ3) is 3.08. The highest BCUT2D eigenvalue weighted by Crippen LogP contribution is 2.31. The maximum absolute atomic E-state index is 11.4. The van der Waals surface area contributed by atoms with Gasteiger partial charge >= 0.3 is 10.2 Å². The highest BCUT2D eigenvalue weighted by molar-refractivity contribution is 7.87. The molecule has 0 aliphatic carbocycles. The van der Waals surface area contributed by atoms with Gasteiger partial charge in [-0.15, -0.1) is 0 Å². The van der Waals surface area contributed by atoms with Gasteiger partial charge in [-0.3, -0.25) is 4.79 Å². The van der Waals surface area contributed by atoms with Crippen LogP contribution in [-0.4, -0.2) is 42.3 Å². The summed E-state index contributed by atoms with van der Waals surface area (Å²) < 4.78 is 23.3. The molecule has 1 aliphatic rings. The Bertz CT molecular complexity index is 671. The van der Waals surface area contributed by atoms with Gasteiger partial charge in [-0.05, 0) is 30.4 Å². The molecule has 0 bridgehead atoms. The summed E-state index contributed by atoms with van der Waals surface area (Å²) in [4.78, 5) is 24.2. The molecule has 0 atom stereocenters. The summed E-state index contributed by atoms with van der Waals surface area (Å²) in [5.74, 6) is -1.76.